The fourth-order valence-corrected chi connectivity index (χ4v) is 3.00. The molecule has 0 aromatic rings. The lowest BCUT2D eigenvalue weighted by molar-refractivity contribution is -0.143. The maximum atomic E-state index is 10.9. The molecule has 0 unspecified atom stereocenters. The van der Waals surface area contributed by atoms with Gasteiger partial charge in [-0.2, -0.15) is 0 Å². The summed E-state index contributed by atoms with van der Waals surface area (Å²) in [6.07, 6.45) is 2.85. The van der Waals surface area contributed by atoms with Gasteiger partial charge in [0, 0.05) is 26.2 Å². The Bertz CT molecular complexity index is 276. The number of carboxylic acids is 1. The fourth-order valence-electron chi connectivity index (χ4n) is 3.00. The number of nitrogens with zero attached hydrogens (tertiary/aromatic N) is 1. The molecule has 1 heterocycles. The van der Waals surface area contributed by atoms with Crippen LogP contribution in [-0.2, 0) is 9.53 Å². The molecule has 2 N–H and O–H groups in total. The highest BCUT2D eigenvalue weighted by atomic mass is 16.5. The fraction of sp³-hybridized carbons (Fsp3) is 0.917. The SMILES string of the molecule is CO[C@H]1CN(C2CCC(C(=O)O)CC2)C[C@H]1O. The smallest absolute Gasteiger partial charge is 0.306 e. The number of hydrogen-bond acceptors (Lipinski definition) is 4. The molecule has 0 aromatic heterocycles. The number of carboxylic acid groups (broad SMARTS) is 1. The van der Waals surface area contributed by atoms with E-state index in [4.69, 9.17) is 9.84 Å². The maximum Gasteiger partial charge on any atom is 0.306 e. The molecule has 2 fully saturated rings. The zero-order chi connectivity index (χ0) is 12.4. The molecule has 0 aromatic carbocycles. The van der Waals surface area contributed by atoms with Crippen molar-refractivity contribution in [1.82, 2.24) is 4.90 Å². The average Bonchev–Trinajstić information content (AvgIpc) is 2.70. The average molecular weight is 243 g/mol. The van der Waals surface area contributed by atoms with Crippen molar-refractivity contribution >= 4 is 5.97 Å². The van der Waals surface area contributed by atoms with E-state index >= 15 is 0 Å². The van der Waals surface area contributed by atoms with Crippen molar-refractivity contribution in [1.29, 1.82) is 0 Å². The third-order valence-corrected chi connectivity index (χ3v) is 4.13. The Balaban J connectivity index is 1.84. The summed E-state index contributed by atoms with van der Waals surface area (Å²) in [7, 11) is 1.62. The van der Waals surface area contributed by atoms with E-state index in [0.717, 1.165) is 32.2 Å². The number of rotatable bonds is 3. The van der Waals surface area contributed by atoms with Crippen LogP contribution in [0.1, 0.15) is 25.7 Å². The maximum absolute atomic E-state index is 10.9. The molecule has 1 aliphatic heterocycles. The van der Waals surface area contributed by atoms with Crippen LogP contribution in [0.2, 0.25) is 0 Å². The lowest BCUT2D eigenvalue weighted by Gasteiger charge is -2.33. The molecule has 0 spiro atoms. The first-order valence-electron chi connectivity index (χ1n) is 6.29. The summed E-state index contributed by atoms with van der Waals surface area (Å²) in [6.45, 7) is 1.42. The van der Waals surface area contributed by atoms with E-state index in [1.807, 2.05) is 0 Å². The highest BCUT2D eigenvalue weighted by Gasteiger charge is 2.37. The first-order valence-corrected chi connectivity index (χ1v) is 6.29. The number of aliphatic hydroxyl groups is 1. The molecule has 1 saturated carbocycles. The number of aliphatic carboxylic acids is 1. The van der Waals surface area contributed by atoms with Gasteiger partial charge >= 0.3 is 5.97 Å². The molecule has 0 radical (unpaired) electrons. The minimum atomic E-state index is -0.667. The molecule has 2 atom stereocenters. The number of carbonyl (C=O) groups is 1. The van der Waals surface area contributed by atoms with Crippen molar-refractivity contribution in [2.45, 2.75) is 43.9 Å². The summed E-state index contributed by atoms with van der Waals surface area (Å²) in [5, 5.41) is 18.7. The lowest BCUT2D eigenvalue weighted by Crippen LogP contribution is -2.38. The van der Waals surface area contributed by atoms with E-state index in [9.17, 15) is 9.90 Å². The number of methoxy groups -OCH3 is 1. The Kier molecular flexibility index (Phi) is 4.01. The third-order valence-electron chi connectivity index (χ3n) is 4.13. The van der Waals surface area contributed by atoms with Crippen LogP contribution in [0, 0.1) is 5.92 Å². The summed E-state index contributed by atoms with van der Waals surface area (Å²) in [4.78, 5) is 13.1. The number of hydrogen-bond donors (Lipinski definition) is 2. The molecule has 2 aliphatic rings. The molecule has 1 aliphatic carbocycles. The molecule has 2 rings (SSSR count). The minimum absolute atomic E-state index is 0.0906. The van der Waals surface area contributed by atoms with Gasteiger partial charge in [0.2, 0.25) is 0 Å². The van der Waals surface area contributed by atoms with Gasteiger partial charge in [-0.15, -0.1) is 0 Å². The van der Waals surface area contributed by atoms with Crippen LogP contribution in [0.5, 0.6) is 0 Å². The van der Waals surface area contributed by atoms with E-state index in [1.54, 1.807) is 7.11 Å². The first-order chi connectivity index (χ1) is 8.11. The predicted octanol–water partition coefficient (Wildman–Crippen LogP) is 0.321. The molecule has 5 heteroatoms. The van der Waals surface area contributed by atoms with Crippen LogP contribution >= 0.6 is 0 Å². The van der Waals surface area contributed by atoms with Gasteiger partial charge in [-0.25, -0.2) is 0 Å². The number of likely N-dealkylation sites (tertiary alicyclic amines) is 1. The topological polar surface area (TPSA) is 70.0 Å². The van der Waals surface area contributed by atoms with Crippen molar-refractivity contribution < 1.29 is 19.7 Å². The zero-order valence-corrected chi connectivity index (χ0v) is 10.2. The molecular weight excluding hydrogens is 222 g/mol. The van der Waals surface area contributed by atoms with Crippen LogP contribution < -0.4 is 0 Å². The molecule has 5 nitrogen and oxygen atoms in total. The van der Waals surface area contributed by atoms with Crippen LogP contribution in [0.15, 0.2) is 0 Å². The van der Waals surface area contributed by atoms with Crippen molar-refractivity contribution in [2.75, 3.05) is 20.2 Å². The van der Waals surface area contributed by atoms with Crippen LogP contribution in [0.3, 0.4) is 0 Å². The summed E-state index contributed by atoms with van der Waals surface area (Å²) in [5.74, 6) is -0.836. The second kappa shape index (κ2) is 5.33. The molecule has 1 saturated heterocycles. The number of aliphatic hydroxyl groups excluding tert-OH is 1. The molecule has 98 valence electrons. The molecular formula is C12H21NO4. The van der Waals surface area contributed by atoms with Gasteiger partial charge in [0.05, 0.1) is 18.1 Å². The Morgan fingerprint density at radius 1 is 1.24 bits per heavy atom. The van der Waals surface area contributed by atoms with Crippen molar-refractivity contribution in [3.05, 3.63) is 0 Å². The Labute approximate surface area is 101 Å². The number of β-amino-alcohol motifs (C(OH)–C–C–N with tert-alkyl or cyclic N) is 1. The first kappa shape index (κ1) is 12.8. The quantitative estimate of drug-likeness (QED) is 0.747. The van der Waals surface area contributed by atoms with Gasteiger partial charge in [-0.05, 0) is 25.7 Å². The van der Waals surface area contributed by atoms with Crippen LogP contribution in [0.4, 0.5) is 0 Å². The standard InChI is InChI=1S/C12H21NO4/c1-17-11-7-13(6-10(11)14)9-4-2-8(3-5-9)12(15)16/h8-11,14H,2-7H2,1H3,(H,15,16)/t8?,9?,10-,11+/m1/s1. The molecule has 17 heavy (non-hydrogen) atoms. The van der Waals surface area contributed by atoms with Gasteiger partial charge in [0.1, 0.15) is 0 Å². The van der Waals surface area contributed by atoms with Gasteiger partial charge in [0.15, 0.2) is 0 Å². The number of ether oxygens (including phenoxy) is 1. The van der Waals surface area contributed by atoms with E-state index < -0.39 is 12.1 Å². The predicted molar refractivity (Wildman–Crippen MR) is 61.8 cm³/mol. The zero-order valence-electron chi connectivity index (χ0n) is 10.2. The van der Waals surface area contributed by atoms with Crippen molar-refractivity contribution in [3.8, 4) is 0 Å². The third kappa shape index (κ3) is 2.78. The Morgan fingerprint density at radius 2 is 1.88 bits per heavy atom. The van der Waals surface area contributed by atoms with Crippen LogP contribution in [-0.4, -0.2) is 59.5 Å². The largest absolute Gasteiger partial charge is 0.481 e. The normalized spacial score (nSPS) is 39.4. The van der Waals surface area contributed by atoms with E-state index in [2.05, 4.69) is 4.90 Å². The van der Waals surface area contributed by atoms with Crippen LogP contribution in [0.25, 0.3) is 0 Å². The van der Waals surface area contributed by atoms with Gasteiger partial charge in [-0.3, -0.25) is 9.69 Å². The van der Waals surface area contributed by atoms with E-state index in [0.29, 0.717) is 12.6 Å². The van der Waals surface area contributed by atoms with Gasteiger partial charge < -0.3 is 14.9 Å². The highest BCUT2D eigenvalue weighted by Crippen LogP contribution is 2.30. The van der Waals surface area contributed by atoms with Crippen molar-refractivity contribution in [3.63, 3.8) is 0 Å². The lowest BCUT2D eigenvalue weighted by atomic mass is 9.85. The summed E-state index contributed by atoms with van der Waals surface area (Å²) in [5.41, 5.74) is 0. The highest BCUT2D eigenvalue weighted by molar-refractivity contribution is 5.70. The molecule has 0 amide bonds. The Hall–Kier alpha value is -0.650. The van der Waals surface area contributed by atoms with E-state index in [1.165, 1.54) is 0 Å². The minimum Gasteiger partial charge on any atom is -0.481 e. The summed E-state index contributed by atoms with van der Waals surface area (Å²) in [6, 6.07) is 0.417. The van der Waals surface area contributed by atoms with Gasteiger partial charge in [0.25, 0.3) is 0 Å². The van der Waals surface area contributed by atoms with Crippen molar-refractivity contribution in [2.24, 2.45) is 5.92 Å². The molecule has 0 bridgehead atoms. The monoisotopic (exact) mass is 243 g/mol. The van der Waals surface area contributed by atoms with E-state index in [-0.39, 0.29) is 12.0 Å². The second-order valence-electron chi connectivity index (χ2n) is 5.14. The summed E-state index contributed by atoms with van der Waals surface area (Å²) >= 11 is 0. The Morgan fingerprint density at radius 3 is 2.35 bits per heavy atom. The summed E-state index contributed by atoms with van der Waals surface area (Å²) < 4.78 is 5.22. The van der Waals surface area contributed by atoms with Gasteiger partial charge in [-0.1, -0.05) is 0 Å². The second-order valence-corrected chi connectivity index (χ2v) is 5.14.